The Balaban J connectivity index is 1.62. The van der Waals surface area contributed by atoms with E-state index in [1.807, 2.05) is 18.2 Å². The Bertz CT molecular complexity index is 844. The van der Waals surface area contributed by atoms with Gasteiger partial charge in [0.2, 0.25) is 0 Å². The van der Waals surface area contributed by atoms with Gasteiger partial charge in [0.15, 0.2) is 5.16 Å². The molecule has 3 aromatic rings. The smallest absolute Gasteiger partial charge is 0.169 e. The molecule has 0 aliphatic carbocycles. The van der Waals surface area contributed by atoms with E-state index < -0.39 is 0 Å². The standard InChI is InChI=1S/C20H21ClN2OS/c21-16-9-10-19-18(12-16)22-20(25-14-17-8-4-5-11-24-17)23(19)13-15-6-2-1-3-7-15/h1-3,6-7,9-10,12,17H,4-5,8,11,13-14H2/t17-/m0/s1. The molecule has 0 N–H and O–H groups in total. The van der Waals surface area contributed by atoms with E-state index in [4.69, 9.17) is 21.3 Å². The summed E-state index contributed by atoms with van der Waals surface area (Å²) in [7, 11) is 0. The topological polar surface area (TPSA) is 27.1 Å². The Hall–Kier alpha value is -1.49. The Morgan fingerprint density at radius 1 is 1.16 bits per heavy atom. The summed E-state index contributed by atoms with van der Waals surface area (Å²) in [6.45, 7) is 1.70. The number of thioether (sulfide) groups is 1. The SMILES string of the molecule is Clc1ccc2c(c1)nc(SC[C@@H]1CCCCO1)n2Cc1ccccc1. The van der Waals surface area contributed by atoms with Crippen LogP contribution in [0.2, 0.25) is 5.02 Å². The maximum atomic E-state index is 6.16. The number of rotatable bonds is 5. The van der Waals surface area contributed by atoms with Crippen molar-refractivity contribution in [2.45, 2.75) is 37.1 Å². The maximum Gasteiger partial charge on any atom is 0.169 e. The first kappa shape index (κ1) is 17.0. The number of aromatic nitrogens is 2. The molecule has 3 nitrogen and oxygen atoms in total. The van der Waals surface area contributed by atoms with Gasteiger partial charge in [0.05, 0.1) is 23.7 Å². The van der Waals surface area contributed by atoms with Gasteiger partial charge in [-0.25, -0.2) is 4.98 Å². The third-order valence-corrected chi connectivity index (χ3v) is 5.87. The highest BCUT2D eigenvalue weighted by atomic mass is 35.5. The minimum absolute atomic E-state index is 0.340. The van der Waals surface area contributed by atoms with Gasteiger partial charge >= 0.3 is 0 Å². The lowest BCUT2D eigenvalue weighted by Gasteiger charge is -2.22. The second-order valence-corrected chi connectivity index (χ2v) is 7.82. The van der Waals surface area contributed by atoms with Crippen molar-refractivity contribution in [1.29, 1.82) is 0 Å². The number of hydrogen-bond acceptors (Lipinski definition) is 3. The Morgan fingerprint density at radius 2 is 2.04 bits per heavy atom. The van der Waals surface area contributed by atoms with E-state index in [-0.39, 0.29) is 0 Å². The van der Waals surface area contributed by atoms with Crippen LogP contribution in [-0.2, 0) is 11.3 Å². The highest BCUT2D eigenvalue weighted by Gasteiger charge is 2.17. The van der Waals surface area contributed by atoms with Crippen LogP contribution in [0.4, 0.5) is 0 Å². The van der Waals surface area contributed by atoms with Gasteiger partial charge in [-0.2, -0.15) is 0 Å². The van der Waals surface area contributed by atoms with Gasteiger partial charge in [0, 0.05) is 17.4 Å². The van der Waals surface area contributed by atoms with Gasteiger partial charge in [-0.15, -0.1) is 0 Å². The van der Waals surface area contributed by atoms with Crippen LogP contribution in [-0.4, -0.2) is 28.0 Å². The average Bonchev–Trinajstić information content (AvgIpc) is 2.98. The molecular weight excluding hydrogens is 352 g/mol. The highest BCUT2D eigenvalue weighted by Crippen LogP contribution is 2.29. The molecule has 1 atom stereocenters. The molecule has 4 rings (SSSR count). The fourth-order valence-corrected chi connectivity index (χ4v) is 4.46. The number of halogens is 1. The van der Waals surface area contributed by atoms with Crippen LogP contribution in [0.15, 0.2) is 53.7 Å². The van der Waals surface area contributed by atoms with Gasteiger partial charge in [0.1, 0.15) is 0 Å². The number of ether oxygens (including phenoxy) is 1. The van der Waals surface area contributed by atoms with E-state index in [2.05, 4.69) is 34.9 Å². The molecule has 2 heterocycles. The summed E-state index contributed by atoms with van der Waals surface area (Å²) >= 11 is 7.95. The monoisotopic (exact) mass is 372 g/mol. The highest BCUT2D eigenvalue weighted by molar-refractivity contribution is 7.99. The van der Waals surface area contributed by atoms with Crippen molar-refractivity contribution in [3.63, 3.8) is 0 Å². The molecule has 0 bridgehead atoms. The lowest BCUT2D eigenvalue weighted by atomic mass is 10.1. The van der Waals surface area contributed by atoms with Crippen LogP contribution < -0.4 is 0 Å². The molecule has 0 saturated carbocycles. The normalized spacial score (nSPS) is 17.9. The van der Waals surface area contributed by atoms with Crippen LogP contribution in [0.25, 0.3) is 11.0 Å². The van der Waals surface area contributed by atoms with E-state index in [0.717, 1.165) is 46.5 Å². The number of benzene rings is 2. The minimum atomic E-state index is 0.340. The minimum Gasteiger partial charge on any atom is -0.377 e. The van der Waals surface area contributed by atoms with Crippen molar-refractivity contribution in [2.24, 2.45) is 0 Å². The lowest BCUT2D eigenvalue weighted by Crippen LogP contribution is -2.21. The van der Waals surface area contributed by atoms with Gasteiger partial charge in [-0.3, -0.25) is 0 Å². The van der Waals surface area contributed by atoms with E-state index in [9.17, 15) is 0 Å². The van der Waals surface area contributed by atoms with Crippen LogP contribution in [0, 0.1) is 0 Å². The first-order valence-corrected chi connectivity index (χ1v) is 10.1. The summed E-state index contributed by atoms with van der Waals surface area (Å²) < 4.78 is 8.16. The largest absolute Gasteiger partial charge is 0.377 e. The Morgan fingerprint density at radius 3 is 2.84 bits per heavy atom. The van der Waals surface area contributed by atoms with E-state index in [1.165, 1.54) is 18.4 Å². The lowest BCUT2D eigenvalue weighted by molar-refractivity contribution is 0.0315. The van der Waals surface area contributed by atoms with Crippen LogP contribution in [0.5, 0.6) is 0 Å². The molecule has 1 fully saturated rings. The molecule has 0 spiro atoms. The van der Waals surface area contributed by atoms with Gasteiger partial charge in [-0.05, 0) is 43.0 Å². The first-order valence-electron chi connectivity index (χ1n) is 8.74. The third-order valence-electron chi connectivity index (χ3n) is 4.53. The molecule has 5 heteroatoms. The molecule has 0 unspecified atom stereocenters. The molecule has 130 valence electrons. The van der Waals surface area contributed by atoms with Crippen molar-refractivity contribution in [3.05, 3.63) is 59.1 Å². The zero-order valence-corrected chi connectivity index (χ0v) is 15.6. The van der Waals surface area contributed by atoms with Gasteiger partial charge in [0.25, 0.3) is 0 Å². The molecule has 1 aromatic heterocycles. The van der Waals surface area contributed by atoms with Gasteiger partial charge < -0.3 is 9.30 Å². The van der Waals surface area contributed by atoms with Crippen molar-refractivity contribution in [1.82, 2.24) is 9.55 Å². The molecule has 0 radical (unpaired) electrons. The zero-order valence-electron chi connectivity index (χ0n) is 14.0. The fraction of sp³-hybridized carbons (Fsp3) is 0.350. The number of nitrogens with zero attached hydrogens (tertiary/aromatic N) is 2. The second-order valence-electron chi connectivity index (χ2n) is 6.40. The molecule has 25 heavy (non-hydrogen) atoms. The Kier molecular flexibility index (Phi) is 5.30. The summed E-state index contributed by atoms with van der Waals surface area (Å²) in [6, 6.07) is 16.5. The van der Waals surface area contributed by atoms with Crippen molar-refractivity contribution < 1.29 is 4.74 Å². The summed E-state index contributed by atoms with van der Waals surface area (Å²) in [6.07, 6.45) is 3.94. The third kappa shape index (κ3) is 4.02. The Labute approximate surface area is 157 Å². The predicted octanol–water partition coefficient (Wildman–Crippen LogP) is 5.40. The number of imidazole rings is 1. The summed E-state index contributed by atoms with van der Waals surface area (Å²) in [4.78, 5) is 4.84. The first-order chi connectivity index (χ1) is 12.3. The van der Waals surface area contributed by atoms with Crippen LogP contribution in [0.1, 0.15) is 24.8 Å². The maximum absolute atomic E-state index is 6.16. The van der Waals surface area contributed by atoms with Crippen molar-refractivity contribution in [2.75, 3.05) is 12.4 Å². The second kappa shape index (κ2) is 7.81. The van der Waals surface area contributed by atoms with E-state index in [1.54, 1.807) is 11.8 Å². The quantitative estimate of drug-likeness (QED) is 0.561. The fourth-order valence-electron chi connectivity index (χ4n) is 3.22. The molecular formula is C20H21ClN2OS. The van der Waals surface area contributed by atoms with Crippen molar-refractivity contribution in [3.8, 4) is 0 Å². The molecule has 1 aliphatic rings. The average molecular weight is 373 g/mol. The summed E-state index contributed by atoms with van der Waals surface area (Å²) in [5, 5.41) is 1.76. The molecule has 2 aromatic carbocycles. The summed E-state index contributed by atoms with van der Waals surface area (Å²) in [5.74, 6) is 0.950. The van der Waals surface area contributed by atoms with E-state index >= 15 is 0 Å². The molecule has 1 aliphatic heterocycles. The van der Waals surface area contributed by atoms with Crippen molar-refractivity contribution >= 4 is 34.4 Å². The van der Waals surface area contributed by atoms with E-state index in [0.29, 0.717) is 6.10 Å². The van der Waals surface area contributed by atoms with Gasteiger partial charge in [-0.1, -0.05) is 53.7 Å². The summed E-state index contributed by atoms with van der Waals surface area (Å²) in [5.41, 5.74) is 3.35. The molecule has 0 amide bonds. The predicted molar refractivity (Wildman–Crippen MR) is 105 cm³/mol. The number of hydrogen-bond donors (Lipinski definition) is 0. The number of fused-ring (bicyclic) bond motifs is 1. The zero-order chi connectivity index (χ0) is 17.1. The molecule has 1 saturated heterocycles. The van der Waals surface area contributed by atoms with Crippen LogP contribution >= 0.6 is 23.4 Å². The van der Waals surface area contributed by atoms with Crippen LogP contribution in [0.3, 0.4) is 0 Å².